The van der Waals surface area contributed by atoms with Gasteiger partial charge in [0.1, 0.15) is 0 Å². The van der Waals surface area contributed by atoms with Crippen molar-refractivity contribution in [2.24, 2.45) is 5.92 Å². The Hall–Kier alpha value is -1.94. The van der Waals surface area contributed by atoms with Crippen LogP contribution in [-0.2, 0) is 4.79 Å². The summed E-state index contributed by atoms with van der Waals surface area (Å²) in [5, 5.41) is 7.35. The van der Waals surface area contributed by atoms with Gasteiger partial charge >= 0.3 is 0 Å². The van der Waals surface area contributed by atoms with Gasteiger partial charge in [0.05, 0.1) is 17.1 Å². The molecule has 0 aliphatic carbocycles. The van der Waals surface area contributed by atoms with Gasteiger partial charge in [-0.1, -0.05) is 18.2 Å². The number of para-hydroxylation sites is 1. The van der Waals surface area contributed by atoms with Crippen molar-refractivity contribution in [3.8, 4) is 0 Å². The van der Waals surface area contributed by atoms with Crippen LogP contribution >= 0.6 is 0 Å². The number of rotatable bonds is 2. The Morgan fingerprint density at radius 2 is 2.25 bits per heavy atom. The molecule has 1 aromatic carbocycles. The molecule has 1 aromatic heterocycles. The van der Waals surface area contributed by atoms with Gasteiger partial charge in [-0.25, -0.2) is 0 Å². The number of pyridine rings is 1. The first-order chi connectivity index (χ1) is 9.74. The highest BCUT2D eigenvalue weighted by molar-refractivity contribution is 6.01. The molecule has 1 amide bonds. The molecule has 2 aromatic rings. The molecule has 1 atom stereocenters. The molecule has 0 radical (unpaired) electrons. The molecule has 4 heteroatoms. The van der Waals surface area contributed by atoms with Crippen LogP contribution in [0, 0.1) is 12.8 Å². The van der Waals surface area contributed by atoms with Gasteiger partial charge in [0.2, 0.25) is 5.91 Å². The Balaban J connectivity index is 1.88. The third-order valence-corrected chi connectivity index (χ3v) is 3.77. The van der Waals surface area contributed by atoms with Crippen LogP contribution in [-0.4, -0.2) is 24.0 Å². The number of aromatic nitrogens is 1. The van der Waals surface area contributed by atoms with Gasteiger partial charge < -0.3 is 10.6 Å². The van der Waals surface area contributed by atoms with E-state index >= 15 is 0 Å². The van der Waals surface area contributed by atoms with Gasteiger partial charge in [-0.2, -0.15) is 0 Å². The van der Waals surface area contributed by atoms with Crippen LogP contribution in [0.2, 0.25) is 0 Å². The van der Waals surface area contributed by atoms with Crippen LogP contribution in [0.1, 0.15) is 18.5 Å². The lowest BCUT2D eigenvalue weighted by Gasteiger charge is -2.22. The summed E-state index contributed by atoms with van der Waals surface area (Å²) in [5.41, 5.74) is 2.70. The number of piperidine rings is 1. The minimum atomic E-state index is 0.0657. The molecule has 1 fully saturated rings. The van der Waals surface area contributed by atoms with Gasteiger partial charge in [0.25, 0.3) is 0 Å². The first-order valence-electron chi connectivity index (χ1n) is 7.12. The standard InChI is InChI=1S/C16H19N3O/c1-11-9-15(13-6-2-3-7-14(13)18-11)19-16(20)12-5-4-8-17-10-12/h2-3,6-7,9,12,17H,4-5,8,10H2,1H3,(H,18,19,20). The number of carbonyl (C=O) groups excluding carboxylic acids is 1. The summed E-state index contributed by atoms with van der Waals surface area (Å²) in [6, 6.07) is 9.84. The Kier molecular flexibility index (Phi) is 3.65. The van der Waals surface area contributed by atoms with Gasteiger partial charge in [0, 0.05) is 17.6 Å². The van der Waals surface area contributed by atoms with Crippen LogP contribution < -0.4 is 10.6 Å². The van der Waals surface area contributed by atoms with E-state index in [1.165, 1.54) is 0 Å². The number of nitrogens with one attached hydrogen (secondary N) is 2. The molecule has 0 spiro atoms. The lowest BCUT2D eigenvalue weighted by Crippen LogP contribution is -2.37. The number of anilines is 1. The average Bonchev–Trinajstić information content (AvgIpc) is 2.48. The van der Waals surface area contributed by atoms with Crippen molar-refractivity contribution in [2.75, 3.05) is 18.4 Å². The number of hydrogen-bond donors (Lipinski definition) is 2. The van der Waals surface area contributed by atoms with E-state index in [2.05, 4.69) is 15.6 Å². The molecule has 1 unspecified atom stereocenters. The minimum absolute atomic E-state index is 0.0657. The SMILES string of the molecule is Cc1cc(NC(=O)C2CCCNC2)c2ccccc2n1. The topological polar surface area (TPSA) is 54.0 Å². The van der Waals surface area contributed by atoms with Crippen molar-refractivity contribution < 1.29 is 4.79 Å². The predicted molar refractivity (Wildman–Crippen MR) is 80.7 cm³/mol. The molecule has 2 heterocycles. The molecule has 1 aliphatic rings. The highest BCUT2D eigenvalue weighted by atomic mass is 16.1. The third kappa shape index (κ3) is 2.65. The van der Waals surface area contributed by atoms with Gasteiger partial charge in [0.15, 0.2) is 0 Å². The molecule has 0 saturated carbocycles. The van der Waals surface area contributed by atoms with Crippen molar-refractivity contribution in [1.82, 2.24) is 10.3 Å². The van der Waals surface area contributed by atoms with Crippen molar-refractivity contribution in [3.63, 3.8) is 0 Å². The molecule has 3 rings (SSSR count). The summed E-state index contributed by atoms with van der Waals surface area (Å²) in [7, 11) is 0. The van der Waals surface area contributed by atoms with Crippen molar-refractivity contribution in [3.05, 3.63) is 36.0 Å². The van der Waals surface area contributed by atoms with E-state index in [9.17, 15) is 4.79 Å². The maximum Gasteiger partial charge on any atom is 0.228 e. The van der Waals surface area contributed by atoms with E-state index in [1.54, 1.807) is 0 Å². The smallest absolute Gasteiger partial charge is 0.228 e. The normalized spacial score (nSPS) is 18.9. The van der Waals surface area contributed by atoms with E-state index in [-0.39, 0.29) is 11.8 Å². The highest BCUT2D eigenvalue weighted by Crippen LogP contribution is 2.24. The van der Waals surface area contributed by atoms with Crippen molar-refractivity contribution in [2.45, 2.75) is 19.8 Å². The highest BCUT2D eigenvalue weighted by Gasteiger charge is 2.21. The number of aryl methyl sites for hydroxylation is 1. The fourth-order valence-corrected chi connectivity index (χ4v) is 2.72. The van der Waals surface area contributed by atoms with Crippen LogP contribution in [0.15, 0.2) is 30.3 Å². The minimum Gasteiger partial charge on any atom is -0.325 e. The second-order valence-electron chi connectivity index (χ2n) is 5.36. The fraction of sp³-hybridized carbons (Fsp3) is 0.375. The largest absolute Gasteiger partial charge is 0.325 e. The monoisotopic (exact) mass is 269 g/mol. The summed E-state index contributed by atoms with van der Waals surface area (Å²) in [6.07, 6.45) is 2.02. The third-order valence-electron chi connectivity index (χ3n) is 3.77. The van der Waals surface area contributed by atoms with E-state index in [1.807, 2.05) is 37.3 Å². The predicted octanol–water partition coefficient (Wildman–Crippen LogP) is 2.48. The Morgan fingerprint density at radius 1 is 1.40 bits per heavy atom. The van der Waals surface area contributed by atoms with Gasteiger partial charge in [-0.3, -0.25) is 9.78 Å². The molecule has 4 nitrogen and oxygen atoms in total. The average molecular weight is 269 g/mol. The summed E-state index contributed by atoms with van der Waals surface area (Å²) < 4.78 is 0. The van der Waals surface area contributed by atoms with Crippen LogP contribution in [0.25, 0.3) is 10.9 Å². The zero-order chi connectivity index (χ0) is 13.9. The van der Waals surface area contributed by atoms with E-state index in [0.717, 1.165) is 48.2 Å². The van der Waals surface area contributed by atoms with E-state index in [4.69, 9.17) is 0 Å². The van der Waals surface area contributed by atoms with Crippen molar-refractivity contribution >= 4 is 22.5 Å². The van der Waals surface area contributed by atoms with E-state index in [0.29, 0.717) is 0 Å². The number of benzene rings is 1. The number of hydrogen-bond acceptors (Lipinski definition) is 3. The molecule has 0 bridgehead atoms. The lowest BCUT2D eigenvalue weighted by molar-refractivity contribution is -0.120. The zero-order valence-corrected chi connectivity index (χ0v) is 11.6. The Bertz CT molecular complexity index is 633. The Morgan fingerprint density at radius 3 is 3.05 bits per heavy atom. The first kappa shape index (κ1) is 13.1. The van der Waals surface area contributed by atoms with Gasteiger partial charge in [-0.05, 0) is 38.4 Å². The van der Waals surface area contributed by atoms with Crippen molar-refractivity contribution in [1.29, 1.82) is 0 Å². The van der Waals surface area contributed by atoms with E-state index < -0.39 is 0 Å². The number of nitrogens with zero attached hydrogens (tertiary/aromatic N) is 1. The Labute approximate surface area is 118 Å². The van der Waals surface area contributed by atoms with Crippen LogP contribution in [0.4, 0.5) is 5.69 Å². The molecule has 104 valence electrons. The summed E-state index contributed by atoms with van der Waals surface area (Å²) in [4.78, 5) is 16.8. The quantitative estimate of drug-likeness (QED) is 0.880. The number of fused-ring (bicyclic) bond motifs is 1. The summed E-state index contributed by atoms with van der Waals surface area (Å²) >= 11 is 0. The maximum atomic E-state index is 12.4. The second kappa shape index (κ2) is 5.59. The molecule has 2 N–H and O–H groups in total. The summed E-state index contributed by atoms with van der Waals surface area (Å²) in [6.45, 7) is 3.74. The summed E-state index contributed by atoms with van der Waals surface area (Å²) in [5.74, 6) is 0.170. The second-order valence-corrected chi connectivity index (χ2v) is 5.36. The fourth-order valence-electron chi connectivity index (χ4n) is 2.72. The van der Waals surface area contributed by atoms with Crippen LogP contribution in [0.3, 0.4) is 0 Å². The number of carbonyl (C=O) groups is 1. The number of amides is 1. The van der Waals surface area contributed by atoms with Crippen LogP contribution in [0.5, 0.6) is 0 Å². The zero-order valence-electron chi connectivity index (χ0n) is 11.6. The van der Waals surface area contributed by atoms with Gasteiger partial charge in [-0.15, -0.1) is 0 Å². The lowest BCUT2D eigenvalue weighted by atomic mass is 9.98. The molecule has 20 heavy (non-hydrogen) atoms. The molecule has 1 aliphatic heterocycles. The molecule has 1 saturated heterocycles. The first-order valence-corrected chi connectivity index (χ1v) is 7.12. The molecular formula is C16H19N3O. The molecular weight excluding hydrogens is 250 g/mol. The maximum absolute atomic E-state index is 12.4.